The molecule has 0 aromatic heterocycles. The molecule has 3 heteroatoms. The number of hydrogen-bond donors (Lipinski definition) is 1. The summed E-state index contributed by atoms with van der Waals surface area (Å²) < 4.78 is 19.1. The van der Waals surface area contributed by atoms with Crippen LogP contribution in [0.5, 0.6) is 5.75 Å². The van der Waals surface area contributed by atoms with Gasteiger partial charge in [-0.2, -0.15) is 0 Å². The summed E-state index contributed by atoms with van der Waals surface area (Å²) in [4.78, 5) is 0. The van der Waals surface area contributed by atoms with E-state index in [9.17, 15) is 4.39 Å². The van der Waals surface area contributed by atoms with Crippen LogP contribution < -0.4 is 10.1 Å². The number of benzene rings is 1. The van der Waals surface area contributed by atoms with Gasteiger partial charge < -0.3 is 10.1 Å². The van der Waals surface area contributed by atoms with E-state index in [0.29, 0.717) is 11.8 Å². The van der Waals surface area contributed by atoms with E-state index in [-0.39, 0.29) is 11.9 Å². The van der Waals surface area contributed by atoms with Gasteiger partial charge in [-0.3, -0.25) is 0 Å². The lowest BCUT2D eigenvalue weighted by atomic mass is 10.2. The molecule has 1 aromatic carbocycles. The molecule has 0 radical (unpaired) electrons. The molecule has 1 fully saturated rings. The topological polar surface area (TPSA) is 21.3 Å². The lowest BCUT2D eigenvalue weighted by molar-refractivity contribution is 0.216. The zero-order valence-corrected chi connectivity index (χ0v) is 10.5. The molecule has 0 aliphatic heterocycles. The second-order valence-corrected chi connectivity index (χ2v) is 4.79. The second-order valence-electron chi connectivity index (χ2n) is 4.79. The minimum absolute atomic E-state index is 0.126. The van der Waals surface area contributed by atoms with Crippen LogP contribution in [0.1, 0.15) is 38.7 Å². The first kappa shape index (κ1) is 12.4. The first-order valence-corrected chi connectivity index (χ1v) is 6.37. The van der Waals surface area contributed by atoms with E-state index in [4.69, 9.17) is 4.74 Å². The van der Waals surface area contributed by atoms with Gasteiger partial charge in [-0.15, -0.1) is 0 Å². The van der Waals surface area contributed by atoms with E-state index in [0.717, 1.165) is 18.5 Å². The number of nitrogens with one attached hydrogen (secondary N) is 1. The third kappa shape index (κ3) is 4.00. The van der Waals surface area contributed by atoms with Crippen LogP contribution in [0.4, 0.5) is 4.39 Å². The van der Waals surface area contributed by atoms with Gasteiger partial charge in [-0.1, -0.05) is 6.92 Å². The van der Waals surface area contributed by atoms with Crippen molar-refractivity contribution in [3.8, 4) is 5.75 Å². The Bertz CT molecular complexity index is 376. The van der Waals surface area contributed by atoms with Crippen molar-refractivity contribution in [3.05, 3.63) is 29.6 Å². The molecule has 1 atom stereocenters. The van der Waals surface area contributed by atoms with Crippen molar-refractivity contribution in [2.24, 2.45) is 0 Å². The molecule has 1 aromatic rings. The lowest BCUT2D eigenvalue weighted by Crippen LogP contribution is -2.16. The quantitative estimate of drug-likeness (QED) is 0.820. The summed E-state index contributed by atoms with van der Waals surface area (Å²) in [7, 11) is 0. The highest BCUT2D eigenvalue weighted by atomic mass is 19.1. The minimum atomic E-state index is -0.224. The van der Waals surface area contributed by atoms with Gasteiger partial charge in [0.1, 0.15) is 11.6 Å². The van der Waals surface area contributed by atoms with Gasteiger partial charge in [-0.05, 0) is 43.9 Å². The molecular weight excluding hydrogens is 217 g/mol. The van der Waals surface area contributed by atoms with Crippen molar-refractivity contribution in [1.29, 1.82) is 0 Å². The van der Waals surface area contributed by atoms with Crippen molar-refractivity contribution in [2.45, 2.75) is 51.8 Å². The first-order chi connectivity index (χ1) is 8.17. The largest absolute Gasteiger partial charge is 0.491 e. The molecule has 0 saturated heterocycles. The summed E-state index contributed by atoms with van der Waals surface area (Å²) in [5.41, 5.74) is 0.954. The Labute approximate surface area is 102 Å². The molecule has 0 spiro atoms. The standard InChI is InChI=1S/C14H20FNO/c1-3-10(2)17-14-7-11(6-12(15)8-14)9-16-13-4-5-13/h6-8,10,13,16H,3-5,9H2,1-2H3. The van der Waals surface area contributed by atoms with Crippen molar-refractivity contribution >= 4 is 0 Å². The molecular formula is C14H20FNO. The van der Waals surface area contributed by atoms with Crippen molar-refractivity contribution in [3.63, 3.8) is 0 Å². The fourth-order valence-electron chi connectivity index (χ4n) is 1.66. The van der Waals surface area contributed by atoms with Crippen LogP contribution in [-0.4, -0.2) is 12.1 Å². The number of hydrogen-bond acceptors (Lipinski definition) is 2. The summed E-state index contributed by atoms with van der Waals surface area (Å²) in [6.45, 7) is 4.77. The van der Waals surface area contributed by atoms with Gasteiger partial charge in [0.05, 0.1) is 6.10 Å². The average Bonchev–Trinajstić information content (AvgIpc) is 3.09. The Morgan fingerprint density at radius 2 is 2.18 bits per heavy atom. The normalized spacial score (nSPS) is 16.9. The summed E-state index contributed by atoms with van der Waals surface area (Å²) >= 11 is 0. The highest BCUT2D eigenvalue weighted by molar-refractivity contribution is 5.29. The van der Waals surface area contributed by atoms with E-state index in [1.807, 2.05) is 13.0 Å². The predicted molar refractivity (Wildman–Crippen MR) is 66.6 cm³/mol. The number of halogens is 1. The van der Waals surface area contributed by atoms with Gasteiger partial charge >= 0.3 is 0 Å². The van der Waals surface area contributed by atoms with Crippen LogP contribution in [-0.2, 0) is 6.54 Å². The Kier molecular flexibility index (Phi) is 4.00. The highest BCUT2D eigenvalue weighted by Gasteiger charge is 2.20. The van der Waals surface area contributed by atoms with E-state index >= 15 is 0 Å². The van der Waals surface area contributed by atoms with Crippen LogP contribution in [0, 0.1) is 5.82 Å². The fraction of sp³-hybridized carbons (Fsp3) is 0.571. The van der Waals surface area contributed by atoms with E-state index in [2.05, 4.69) is 12.2 Å². The summed E-state index contributed by atoms with van der Waals surface area (Å²) in [6, 6.07) is 5.58. The summed E-state index contributed by atoms with van der Waals surface area (Å²) in [5.74, 6) is 0.408. The molecule has 0 amide bonds. The molecule has 17 heavy (non-hydrogen) atoms. The lowest BCUT2D eigenvalue weighted by Gasteiger charge is -2.14. The second kappa shape index (κ2) is 5.50. The number of rotatable bonds is 6. The van der Waals surface area contributed by atoms with Gasteiger partial charge in [0, 0.05) is 18.7 Å². The zero-order chi connectivity index (χ0) is 12.3. The summed E-state index contributed by atoms with van der Waals surface area (Å²) in [5, 5.41) is 3.37. The number of ether oxygens (including phenoxy) is 1. The first-order valence-electron chi connectivity index (χ1n) is 6.37. The van der Waals surface area contributed by atoms with E-state index < -0.39 is 0 Å². The minimum Gasteiger partial charge on any atom is -0.491 e. The van der Waals surface area contributed by atoms with Crippen LogP contribution in [0.3, 0.4) is 0 Å². The smallest absolute Gasteiger partial charge is 0.127 e. The molecule has 1 aliphatic carbocycles. The van der Waals surface area contributed by atoms with Crippen LogP contribution in [0.2, 0.25) is 0 Å². The average molecular weight is 237 g/mol. The van der Waals surface area contributed by atoms with E-state index in [1.54, 1.807) is 6.07 Å². The van der Waals surface area contributed by atoms with Gasteiger partial charge in [-0.25, -0.2) is 4.39 Å². The predicted octanol–water partition coefficient (Wildman–Crippen LogP) is 3.26. The maximum atomic E-state index is 13.4. The third-order valence-corrected chi connectivity index (χ3v) is 3.02. The van der Waals surface area contributed by atoms with Gasteiger partial charge in [0.25, 0.3) is 0 Å². The maximum absolute atomic E-state index is 13.4. The Balaban J connectivity index is 1.99. The molecule has 0 bridgehead atoms. The fourth-order valence-corrected chi connectivity index (χ4v) is 1.66. The molecule has 1 unspecified atom stereocenters. The molecule has 94 valence electrons. The zero-order valence-electron chi connectivity index (χ0n) is 10.5. The van der Waals surface area contributed by atoms with Crippen molar-refractivity contribution in [1.82, 2.24) is 5.32 Å². The maximum Gasteiger partial charge on any atom is 0.127 e. The van der Waals surface area contributed by atoms with Crippen molar-refractivity contribution < 1.29 is 9.13 Å². The third-order valence-electron chi connectivity index (χ3n) is 3.02. The van der Waals surface area contributed by atoms with Gasteiger partial charge in [0.15, 0.2) is 0 Å². The van der Waals surface area contributed by atoms with Gasteiger partial charge in [0.2, 0.25) is 0 Å². The molecule has 1 N–H and O–H groups in total. The summed E-state index contributed by atoms with van der Waals surface area (Å²) in [6.07, 6.45) is 3.53. The molecule has 1 aliphatic rings. The monoisotopic (exact) mass is 237 g/mol. The molecule has 0 heterocycles. The van der Waals surface area contributed by atoms with Crippen molar-refractivity contribution in [2.75, 3.05) is 0 Å². The van der Waals surface area contributed by atoms with Crippen LogP contribution in [0.15, 0.2) is 18.2 Å². The van der Waals surface area contributed by atoms with E-state index in [1.165, 1.54) is 18.9 Å². The van der Waals surface area contributed by atoms with Crippen LogP contribution in [0.25, 0.3) is 0 Å². The highest BCUT2D eigenvalue weighted by Crippen LogP contribution is 2.22. The molecule has 1 saturated carbocycles. The van der Waals surface area contributed by atoms with Crippen LogP contribution >= 0.6 is 0 Å². The Hall–Kier alpha value is -1.09. The Morgan fingerprint density at radius 3 is 2.82 bits per heavy atom. The molecule has 2 nitrogen and oxygen atoms in total. The molecule has 2 rings (SSSR count). The Morgan fingerprint density at radius 1 is 1.41 bits per heavy atom. The SMILES string of the molecule is CCC(C)Oc1cc(F)cc(CNC2CC2)c1.